The van der Waals surface area contributed by atoms with E-state index in [9.17, 15) is 4.79 Å². The molecular weight excluding hydrogens is 170 g/mol. The van der Waals surface area contributed by atoms with E-state index in [0.717, 1.165) is 0 Å². The fourth-order valence-corrected chi connectivity index (χ4v) is 1.32. The SMILES string of the molecule is Cn1cnc2c(N)nc(=O)n(C)c21. The lowest BCUT2D eigenvalue weighted by atomic mass is 10.5. The van der Waals surface area contributed by atoms with Crippen molar-refractivity contribution in [3.05, 3.63) is 16.8 Å². The van der Waals surface area contributed by atoms with Crippen LogP contribution in [0.5, 0.6) is 0 Å². The Morgan fingerprint density at radius 2 is 2.15 bits per heavy atom. The van der Waals surface area contributed by atoms with Crippen molar-refractivity contribution >= 4 is 17.0 Å². The largest absolute Gasteiger partial charge is 0.382 e. The van der Waals surface area contributed by atoms with Gasteiger partial charge in [-0.05, 0) is 0 Å². The van der Waals surface area contributed by atoms with Crippen LogP contribution in [0, 0.1) is 0 Å². The average molecular weight is 179 g/mol. The molecule has 0 aromatic carbocycles. The summed E-state index contributed by atoms with van der Waals surface area (Å²) in [5, 5.41) is 0. The third kappa shape index (κ3) is 0.915. The van der Waals surface area contributed by atoms with Crippen LogP contribution < -0.4 is 11.4 Å². The number of fused-ring (bicyclic) bond motifs is 1. The molecule has 0 saturated heterocycles. The second-order valence-electron chi connectivity index (χ2n) is 2.87. The van der Waals surface area contributed by atoms with Gasteiger partial charge in [0.1, 0.15) is 11.2 Å². The summed E-state index contributed by atoms with van der Waals surface area (Å²) in [6.07, 6.45) is 1.60. The highest BCUT2D eigenvalue weighted by atomic mass is 16.1. The molecule has 2 N–H and O–H groups in total. The lowest BCUT2D eigenvalue weighted by molar-refractivity contribution is 0.802. The van der Waals surface area contributed by atoms with Crippen LogP contribution in [-0.2, 0) is 14.1 Å². The zero-order valence-electron chi connectivity index (χ0n) is 7.35. The Kier molecular flexibility index (Phi) is 1.39. The first kappa shape index (κ1) is 7.78. The van der Waals surface area contributed by atoms with E-state index < -0.39 is 0 Å². The number of imidazole rings is 1. The van der Waals surface area contributed by atoms with E-state index in [1.807, 2.05) is 0 Å². The number of hydrogen-bond donors (Lipinski definition) is 1. The minimum Gasteiger partial charge on any atom is -0.382 e. The van der Waals surface area contributed by atoms with E-state index in [-0.39, 0.29) is 11.5 Å². The third-order valence-corrected chi connectivity index (χ3v) is 1.97. The molecule has 0 fully saturated rings. The minimum absolute atomic E-state index is 0.179. The van der Waals surface area contributed by atoms with Crippen LogP contribution in [0.1, 0.15) is 0 Å². The van der Waals surface area contributed by atoms with Gasteiger partial charge >= 0.3 is 5.69 Å². The Labute approximate surface area is 73.6 Å². The number of aryl methyl sites for hydroxylation is 2. The maximum absolute atomic E-state index is 11.2. The van der Waals surface area contributed by atoms with Gasteiger partial charge in [0.2, 0.25) is 0 Å². The number of aromatic nitrogens is 4. The molecule has 0 spiro atoms. The van der Waals surface area contributed by atoms with Crippen molar-refractivity contribution in [1.82, 2.24) is 19.1 Å². The van der Waals surface area contributed by atoms with Gasteiger partial charge in [-0.2, -0.15) is 4.98 Å². The van der Waals surface area contributed by atoms with Crippen LogP contribution in [0.2, 0.25) is 0 Å². The number of anilines is 1. The molecule has 0 aliphatic carbocycles. The van der Waals surface area contributed by atoms with E-state index in [1.165, 1.54) is 4.57 Å². The highest BCUT2D eigenvalue weighted by Gasteiger charge is 2.09. The molecule has 0 radical (unpaired) electrons. The molecule has 0 amide bonds. The molecule has 0 bridgehead atoms. The minimum atomic E-state index is -0.367. The van der Waals surface area contributed by atoms with Crippen LogP contribution in [0.15, 0.2) is 11.1 Å². The number of nitrogens with zero attached hydrogens (tertiary/aromatic N) is 4. The topological polar surface area (TPSA) is 78.7 Å². The van der Waals surface area contributed by atoms with Gasteiger partial charge in [0.25, 0.3) is 0 Å². The Morgan fingerprint density at radius 1 is 1.46 bits per heavy atom. The Bertz CT molecular complexity index is 523. The zero-order valence-corrected chi connectivity index (χ0v) is 7.35. The summed E-state index contributed by atoms with van der Waals surface area (Å²) in [5.41, 5.74) is 6.41. The maximum atomic E-state index is 11.2. The van der Waals surface area contributed by atoms with Crippen LogP contribution in [0.3, 0.4) is 0 Å². The van der Waals surface area contributed by atoms with Crippen molar-refractivity contribution < 1.29 is 0 Å². The summed E-state index contributed by atoms with van der Waals surface area (Å²) in [7, 11) is 3.44. The molecule has 13 heavy (non-hydrogen) atoms. The molecule has 2 rings (SSSR count). The number of nitrogen functional groups attached to an aromatic ring is 1. The maximum Gasteiger partial charge on any atom is 0.350 e. The number of hydrogen-bond acceptors (Lipinski definition) is 4. The highest BCUT2D eigenvalue weighted by Crippen LogP contribution is 2.12. The van der Waals surface area contributed by atoms with Gasteiger partial charge in [-0.25, -0.2) is 9.78 Å². The Balaban J connectivity index is 3.09. The second-order valence-corrected chi connectivity index (χ2v) is 2.87. The molecular formula is C7H9N5O. The molecule has 6 nitrogen and oxygen atoms in total. The molecule has 0 saturated carbocycles. The summed E-state index contributed by atoms with van der Waals surface area (Å²) in [5.74, 6) is 0.179. The van der Waals surface area contributed by atoms with E-state index in [0.29, 0.717) is 11.2 Å². The number of rotatable bonds is 0. The summed E-state index contributed by atoms with van der Waals surface area (Å²) >= 11 is 0. The fraction of sp³-hybridized carbons (Fsp3) is 0.286. The van der Waals surface area contributed by atoms with Crippen molar-refractivity contribution in [1.29, 1.82) is 0 Å². The predicted molar refractivity (Wildman–Crippen MR) is 48.2 cm³/mol. The first-order valence-electron chi connectivity index (χ1n) is 3.75. The average Bonchev–Trinajstić information content (AvgIpc) is 2.44. The van der Waals surface area contributed by atoms with Crippen molar-refractivity contribution in [2.75, 3.05) is 5.73 Å². The number of nitrogens with two attached hydrogens (primary N) is 1. The van der Waals surface area contributed by atoms with Crippen LogP contribution >= 0.6 is 0 Å². The molecule has 0 atom stereocenters. The Morgan fingerprint density at radius 3 is 2.85 bits per heavy atom. The van der Waals surface area contributed by atoms with E-state index in [2.05, 4.69) is 9.97 Å². The first-order valence-corrected chi connectivity index (χ1v) is 3.75. The monoisotopic (exact) mass is 179 g/mol. The molecule has 0 unspecified atom stereocenters. The quantitative estimate of drug-likeness (QED) is 0.577. The summed E-state index contributed by atoms with van der Waals surface area (Å²) in [6.45, 7) is 0. The van der Waals surface area contributed by atoms with Gasteiger partial charge < -0.3 is 10.3 Å². The van der Waals surface area contributed by atoms with E-state index in [1.54, 1.807) is 25.0 Å². The van der Waals surface area contributed by atoms with Crippen molar-refractivity contribution in [2.24, 2.45) is 14.1 Å². The molecule has 2 aromatic heterocycles. The molecule has 6 heteroatoms. The zero-order chi connectivity index (χ0) is 9.59. The van der Waals surface area contributed by atoms with Gasteiger partial charge in [-0.1, -0.05) is 0 Å². The predicted octanol–water partition coefficient (Wildman–Crippen LogP) is -0.751. The van der Waals surface area contributed by atoms with Crippen molar-refractivity contribution in [2.45, 2.75) is 0 Å². The van der Waals surface area contributed by atoms with Crippen LogP contribution in [-0.4, -0.2) is 19.1 Å². The molecule has 0 aliphatic rings. The van der Waals surface area contributed by atoms with Crippen LogP contribution in [0.25, 0.3) is 11.2 Å². The van der Waals surface area contributed by atoms with E-state index >= 15 is 0 Å². The van der Waals surface area contributed by atoms with Gasteiger partial charge in [-0.3, -0.25) is 4.57 Å². The smallest absolute Gasteiger partial charge is 0.350 e. The third-order valence-electron chi connectivity index (χ3n) is 1.97. The van der Waals surface area contributed by atoms with Gasteiger partial charge in [0.05, 0.1) is 6.33 Å². The van der Waals surface area contributed by atoms with Crippen molar-refractivity contribution in [3.63, 3.8) is 0 Å². The summed E-state index contributed by atoms with van der Waals surface area (Å²) in [4.78, 5) is 18.9. The lowest BCUT2D eigenvalue weighted by Gasteiger charge is -2.01. The van der Waals surface area contributed by atoms with Crippen LogP contribution in [0.4, 0.5) is 5.82 Å². The summed E-state index contributed by atoms with van der Waals surface area (Å²) in [6, 6.07) is 0. The van der Waals surface area contributed by atoms with Gasteiger partial charge in [-0.15, -0.1) is 0 Å². The molecule has 0 aliphatic heterocycles. The van der Waals surface area contributed by atoms with Crippen molar-refractivity contribution in [3.8, 4) is 0 Å². The lowest BCUT2D eigenvalue weighted by Crippen LogP contribution is -2.22. The first-order chi connectivity index (χ1) is 6.11. The standard InChI is InChI=1S/C7H9N5O/c1-11-3-9-4-5(8)10-7(13)12(2)6(4)11/h3H,1-2H3,(H2,8,10,13). The normalized spacial score (nSPS) is 10.9. The van der Waals surface area contributed by atoms with Gasteiger partial charge in [0.15, 0.2) is 5.82 Å². The second kappa shape index (κ2) is 2.32. The molecule has 68 valence electrons. The van der Waals surface area contributed by atoms with E-state index in [4.69, 9.17) is 5.73 Å². The molecule has 2 heterocycles. The highest BCUT2D eigenvalue weighted by molar-refractivity contribution is 5.81. The Hall–Kier alpha value is -1.85. The van der Waals surface area contributed by atoms with Gasteiger partial charge in [0, 0.05) is 14.1 Å². The summed E-state index contributed by atoms with van der Waals surface area (Å²) < 4.78 is 3.15. The fourth-order valence-electron chi connectivity index (χ4n) is 1.32. The molecule has 2 aromatic rings.